The monoisotopic (exact) mass is 639 g/mol. The molecule has 1 amide bonds. The van der Waals surface area contributed by atoms with E-state index in [1.807, 2.05) is 12.3 Å². The van der Waals surface area contributed by atoms with Crippen LogP contribution < -0.4 is 0 Å². The van der Waals surface area contributed by atoms with Crippen LogP contribution in [0.2, 0.25) is 5.02 Å². The van der Waals surface area contributed by atoms with Crippen LogP contribution in [0.1, 0.15) is 61.9 Å². The third-order valence-corrected chi connectivity index (χ3v) is 8.60. The van der Waals surface area contributed by atoms with Gasteiger partial charge in [0.2, 0.25) is 0 Å². The van der Waals surface area contributed by atoms with Crippen LogP contribution in [0.3, 0.4) is 0 Å². The van der Waals surface area contributed by atoms with E-state index in [2.05, 4.69) is 48.9 Å². The van der Waals surface area contributed by atoms with E-state index in [-0.39, 0.29) is 24.8 Å². The van der Waals surface area contributed by atoms with Gasteiger partial charge in [-0.2, -0.15) is 0 Å². The molecule has 1 atom stereocenters. The maximum atomic E-state index is 12.8. The van der Waals surface area contributed by atoms with Crippen molar-refractivity contribution in [2.75, 3.05) is 26.2 Å². The van der Waals surface area contributed by atoms with E-state index < -0.39 is 11.6 Å². The molecule has 1 saturated heterocycles. The minimum atomic E-state index is -1.06. The van der Waals surface area contributed by atoms with Gasteiger partial charge in [-0.3, -0.25) is 19.6 Å². The second-order valence-corrected chi connectivity index (χ2v) is 13.0. The molecule has 1 unspecified atom stereocenters. The lowest BCUT2D eigenvalue weighted by molar-refractivity contribution is -0.122. The molecule has 2 heterocycles. The average Bonchev–Trinajstić information content (AvgIpc) is 2.94. The molecule has 6 nitrogen and oxygen atoms in total. The summed E-state index contributed by atoms with van der Waals surface area (Å²) in [5.41, 5.74) is 4.33. The number of rotatable bonds is 5. The van der Waals surface area contributed by atoms with Crippen LogP contribution in [-0.4, -0.2) is 63.5 Å². The van der Waals surface area contributed by atoms with Crippen LogP contribution in [0.15, 0.2) is 33.3 Å². The lowest BCUT2D eigenvalue weighted by Crippen LogP contribution is -2.49. The lowest BCUT2D eigenvalue weighted by atomic mass is 9.76. The number of nitrogens with zero attached hydrogens (tertiary/aromatic N) is 3. The molecule has 9 heteroatoms. The number of hydrogen-bond donors (Lipinski definition) is 1. The van der Waals surface area contributed by atoms with Crippen molar-refractivity contribution in [1.29, 1.82) is 0 Å². The number of carbonyl (C=O) groups is 2. The van der Waals surface area contributed by atoms with Crippen molar-refractivity contribution >= 4 is 55.3 Å². The standard InChI is InChI=1S/C27H32Br2ClN3O3/c1-27(2,3)33(26(35)36)15-21(34)14-32-8-6-16(7-9-32)24-23-17(11-20(30)12-22(23)29)4-5-18-10-19(28)13-31-25(18)24/h10-13,16,24H,4-9,14-15H2,1-3H3,(H,35,36). The van der Waals surface area contributed by atoms with Crippen molar-refractivity contribution < 1.29 is 14.7 Å². The van der Waals surface area contributed by atoms with Gasteiger partial charge in [-0.05, 0) is 116 Å². The molecule has 36 heavy (non-hydrogen) atoms. The quantitative estimate of drug-likeness (QED) is 0.401. The Hall–Kier alpha value is -1.48. The van der Waals surface area contributed by atoms with Gasteiger partial charge in [-0.15, -0.1) is 0 Å². The van der Waals surface area contributed by atoms with Gasteiger partial charge >= 0.3 is 6.09 Å². The first-order chi connectivity index (χ1) is 16.9. The van der Waals surface area contributed by atoms with E-state index in [1.54, 1.807) is 20.8 Å². The molecule has 2 aliphatic rings. The smallest absolute Gasteiger partial charge is 0.408 e. The van der Waals surface area contributed by atoms with Crippen LogP contribution in [0.25, 0.3) is 0 Å². The van der Waals surface area contributed by atoms with Gasteiger partial charge in [0.1, 0.15) is 0 Å². The zero-order valence-electron chi connectivity index (χ0n) is 20.9. The van der Waals surface area contributed by atoms with Crippen LogP contribution in [0, 0.1) is 5.92 Å². The highest BCUT2D eigenvalue weighted by molar-refractivity contribution is 9.10. The first kappa shape index (κ1) is 27.6. The number of aryl methyl sites for hydroxylation is 2. The number of hydrogen-bond acceptors (Lipinski definition) is 4. The summed E-state index contributed by atoms with van der Waals surface area (Å²) in [7, 11) is 0. The summed E-state index contributed by atoms with van der Waals surface area (Å²) in [6.07, 6.45) is 4.52. The Morgan fingerprint density at radius 2 is 1.81 bits per heavy atom. The minimum Gasteiger partial charge on any atom is -0.465 e. The highest BCUT2D eigenvalue weighted by atomic mass is 79.9. The lowest BCUT2D eigenvalue weighted by Gasteiger charge is -2.37. The number of carbonyl (C=O) groups excluding carboxylic acids is 1. The Labute approximate surface area is 234 Å². The molecule has 1 N–H and O–H groups in total. The highest BCUT2D eigenvalue weighted by Gasteiger charge is 2.36. The summed E-state index contributed by atoms with van der Waals surface area (Å²) in [6.45, 7) is 7.19. The summed E-state index contributed by atoms with van der Waals surface area (Å²) in [4.78, 5) is 32.7. The first-order valence-electron chi connectivity index (χ1n) is 12.3. The zero-order valence-corrected chi connectivity index (χ0v) is 24.8. The molecule has 0 bridgehead atoms. The van der Waals surface area contributed by atoms with Crippen LogP contribution in [0.4, 0.5) is 4.79 Å². The summed E-state index contributed by atoms with van der Waals surface area (Å²) >= 11 is 13.8. The van der Waals surface area contributed by atoms with Gasteiger partial charge in [-0.1, -0.05) is 27.5 Å². The fourth-order valence-corrected chi connectivity index (χ4v) is 7.04. The Bertz CT molecular complexity index is 1160. The second kappa shape index (κ2) is 11.1. The molecule has 1 aromatic heterocycles. The third-order valence-electron chi connectivity index (χ3n) is 7.30. The largest absolute Gasteiger partial charge is 0.465 e. The van der Waals surface area contributed by atoms with Crippen LogP contribution in [-0.2, 0) is 17.6 Å². The summed E-state index contributed by atoms with van der Waals surface area (Å²) < 4.78 is 2.02. The first-order valence-corrected chi connectivity index (χ1v) is 14.3. The van der Waals surface area contributed by atoms with Crippen molar-refractivity contribution in [3.63, 3.8) is 0 Å². The molecule has 4 rings (SSSR count). The number of aromatic nitrogens is 1. The van der Waals surface area contributed by atoms with E-state index >= 15 is 0 Å². The van der Waals surface area contributed by atoms with E-state index in [4.69, 9.17) is 16.6 Å². The molecular weight excluding hydrogens is 610 g/mol. The van der Waals surface area contributed by atoms with E-state index in [1.165, 1.54) is 21.6 Å². The van der Waals surface area contributed by atoms with Crippen molar-refractivity contribution in [3.05, 3.63) is 60.7 Å². The normalized spacial score (nSPS) is 18.8. The van der Waals surface area contributed by atoms with Crippen molar-refractivity contribution in [1.82, 2.24) is 14.8 Å². The fourth-order valence-electron chi connectivity index (χ4n) is 5.54. The number of fused-ring (bicyclic) bond motifs is 2. The van der Waals surface area contributed by atoms with Crippen molar-refractivity contribution in [2.24, 2.45) is 5.92 Å². The van der Waals surface area contributed by atoms with Gasteiger partial charge < -0.3 is 5.11 Å². The minimum absolute atomic E-state index is 0.0696. The number of Topliss-reactive ketones (excluding diaryl/α,β-unsaturated/α-hetero) is 1. The fraction of sp³-hybridized carbons (Fsp3) is 0.519. The van der Waals surface area contributed by atoms with E-state index in [0.29, 0.717) is 5.92 Å². The molecule has 1 fully saturated rings. The Morgan fingerprint density at radius 3 is 2.44 bits per heavy atom. The molecule has 1 aliphatic heterocycles. The molecule has 0 saturated carbocycles. The van der Waals surface area contributed by atoms with E-state index in [9.17, 15) is 14.7 Å². The SMILES string of the molecule is CC(C)(C)N(CC(=O)CN1CCC(C2c3ncc(Br)cc3CCc3cc(Cl)cc(Br)c32)CC1)C(=O)O. The number of halogens is 3. The maximum Gasteiger partial charge on any atom is 0.408 e. The highest BCUT2D eigenvalue weighted by Crippen LogP contribution is 2.46. The van der Waals surface area contributed by atoms with Crippen LogP contribution in [0.5, 0.6) is 0 Å². The topological polar surface area (TPSA) is 73.7 Å². The predicted octanol–water partition coefficient (Wildman–Crippen LogP) is 6.55. The van der Waals surface area contributed by atoms with Gasteiger partial charge in [0.15, 0.2) is 5.78 Å². The number of likely N-dealkylation sites (tertiary alicyclic amines) is 1. The maximum absolute atomic E-state index is 12.8. The summed E-state index contributed by atoms with van der Waals surface area (Å²) in [5, 5.41) is 10.3. The molecule has 1 aromatic carbocycles. The predicted molar refractivity (Wildman–Crippen MR) is 149 cm³/mol. The Kier molecular flexibility index (Phi) is 8.49. The van der Waals surface area contributed by atoms with Gasteiger partial charge in [0.25, 0.3) is 0 Å². The molecule has 1 aliphatic carbocycles. The number of carboxylic acid groups (broad SMARTS) is 1. The third kappa shape index (κ3) is 6.14. The van der Waals surface area contributed by atoms with Crippen molar-refractivity contribution in [3.8, 4) is 0 Å². The van der Waals surface area contributed by atoms with Gasteiger partial charge in [-0.25, -0.2) is 4.79 Å². The van der Waals surface area contributed by atoms with Crippen molar-refractivity contribution in [2.45, 2.75) is 57.9 Å². The van der Waals surface area contributed by atoms with E-state index in [0.717, 1.165) is 58.4 Å². The molecule has 2 aromatic rings. The Balaban J connectivity index is 1.52. The van der Waals surface area contributed by atoms with Crippen LogP contribution >= 0.6 is 43.5 Å². The number of amides is 1. The number of piperidine rings is 1. The summed E-state index contributed by atoms with van der Waals surface area (Å²) in [5.74, 6) is 0.460. The second-order valence-electron chi connectivity index (χ2n) is 10.8. The number of pyridine rings is 1. The Morgan fingerprint density at radius 1 is 1.14 bits per heavy atom. The molecule has 0 spiro atoms. The molecular formula is C27H32Br2ClN3O3. The molecule has 0 radical (unpaired) electrons. The average molecular weight is 642 g/mol. The summed E-state index contributed by atoms with van der Waals surface area (Å²) in [6, 6.07) is 6.26. The number of ketones is 1. The number of benzene rings is 1. The zero-order chi connectivity index (χ0) is 26.2. The van der Waals surface area contributed by atoms with Gasteiger partial charge in [0.05, 0.1) is 18.8 Å². The molecule has 194 valence electrons. The van der Waals surface area contributed by atoms with Gasteiger partial charge in [0, 0.05) is 31.6 Å².